The minimum atomic E-state index is -2.18. The van der Waals surface area contributed by atoms with Gasteiger partial charge in [0.25, 0.3) is 0 Å². The van der Waals surface area contributed by atoms with Gasteiger partial charge in [0.2, 0.25) is 4.33 Å². The summed E-state index contributed by atoms with van der Waals surface area (Å²) < 4.78 is 6.63. The first-order chi connectivity index (χ1) is 8.18. The fourth-order valence-electron chi connectivity index (χ4n) is 1.29. The van der Waals surface area contributed by atoms with Crippen molar-refractivity contribution in [3.63, 3.8) is 0 Å². The van der Waals surface area contributed by atoms with Crippen LogP contribution in [0.4, 0.5) is 4.79 Å². The van der Waals surface area contributed by atoms with Gasteiger partial charge < -0.3 is 19.9 Å². The molecule has 0 fully saturated rings. The zero-order valence-corrected chi connectivity index (χ0v) is 12.1. The highest BCUT2D eigenvalue weighted by Crippen LogP contribution is 2.31. The first-order valence-electron chi connectivity index (χ1n) is 5.17. The Kier molecular flexibility index (Phi) is 6.73. The van der Waals surface area contributed by atoms with E-state index in [4.69, 9.17) is 23.2 Å². The lowest BCUT2D eigenvalue weighted by Gasteiger charge is -2.32. The predicted molar refractivity (Wildman–Crippen MR) is 66.6 cm³/mol. The van der Waals surface area contributed by atoms with Crippen molar-refractivity contribution in [2.24, 2.45) is 5.92 Å². The van der Waals surface area contributed by atoms with Gasteiger partial charge in [0.15, 0.2) is 0 Å². The molecule has 0 heterocycles. The third kappa shape index (κ3) is 4.19. The lowest BCUT2D eigenvalue weighted by Crippen LogP contribution is -2.56. The first-order valence-corrected chi connectivity index (χ1v) is 5.92. The monoisotopic (exact) mass is 301 g/mol. The fourth-order valence-corrected chi connectivity index (χ4v) is 1.71. The Hall–Kier alpha value is -0.720. The summed E-state index contributed by atoms with van der Waals surface area (Å²) in [5, 5.41) is 12.4. The lowest BCUT2D eigenvalue weighted by atomic mass is 9.96. The van der Waals surface area contributed by atoms with E-state index in [9.17, 15) is 14.7 Å². The van der Waals surface area contributed by atoms with E-state index in [2.05, 4.69) is 14.8 Å². The smallest absolute Gasteiger partial charge is 0.407 e. The van der Waals surface area contributed by atoms with Gasteiger partial charge in [-0.05, 0) is 5.92 Å². The molecule has 0 rings (SSSR count). The number of amides is 1. The minimum absolute atomic E-state index is 0.236. The number of hydrogen-bond acceptors (Lipinski definition) is 5. The van der Waals surface area contributed by atoms with E-state index in [1.54, 1.807) is 13.8 Å². The number of rotatable bonds is 5. The molecule has 0 saturated heterocycles. The second kappa shape index (κ2) is 7.01. The van der Waals surface area contributed by atoms with Crippen LogP contribution in [0.2, 0.25) is 0 Å². The van der Waals surface area contributed by atoms with E-state index < -0.39 is 28.5 Å². The maximum absolute atomic E-state index is 11.4. The molecule has 0 aromatic rings. The van der Waals surface area contributed by atoms with Gasteiger partial charge in [0.1, 0.15) is 6.10 Å². The SMILES string of the molecule is COC(=O)NC(C(C)C)C(O)C(Cl)(Cl)C(=O)OC. The molecule has 1 amide bonds. The molecule has 18 heavy (non-hydrogen) atoms. The van der Waals surface area contributed by atoms with E-state index in [0.717, 1.165) is 7.11 Å². The van der Waals surface area contributed by atoms with Crippen LogP contribution in [0, 0.1) is 5.92 Å². The normalized spacial score (nSPS) is 14.9. The molecule has 2 unspecified atom stereocenters. The Morgan fingerprint density at radius 3 is 2.06 bits per heavy atom. The third-order valence-electron chi connectivity index (χ3n) is 2.36. The number of aliphatic hydroxyl groups is 1. The van der Waals surface area contributed by atoms with E-state index >= 15 is 0 Å². The molecule has 0 aromatic carbocycles. The van der Waals surface area contributed by atoms with Gasteiger partial charge in [-0.1, -0.05) is 37.0 Å². The summed E-state index contributed by atoms with van der Waals surface area (Å²) >= 11 is 11.5. The van der Waals surface area contributed by atoms with Crippen molar-refractivity contribution in [1.82, 2.24) is 5.32 Å². The number of carbonyl (C=O) groups is 2. The molecule has 2 atom stereocenters. The number of carbonyl (C=O) groups excluding carboxylic acids is 2. The summed E-state index contributed by atoms with van der Waals surface area (Å²) in [6, 6.07) is -0.869. The zero-order chi connectivity index (χ0) is 14.5. The average Bonchev–Trinajstić information content (AvgIpc) is 2.32. The molecule has 6 nitrogen and oxygen atoms in total. The second-order valence-electron chi connectivity index (χ2n) is 3.97. The number of halogens is 2. The quantitative estimate of drug-likeness (QED) is 0.586. The van der Waals surface area contributed by atoms with Crippen LogP contribution < -0.4 is 5.32 Å². The fraction of sp³-hybridized carbons (Fsp3) is 0.800. The van der Waals surface area contributed by atoms with Crippen molar-refractivity contribution in [2.45, 2.75) is 30.3 Å². The van der Waals surface area contributed by atoms with E-state index in [1.807, 2.05) is 0 Å². The standard InChI is InChI=1S/C10H17Cl2NO5/c1-5(2)6(13-9(16)18-4)7(14)10(11,12)8(15)17-3/h5-7,14H,1-4H3,(H,13,16). The van der Waals surface area contributed by atoms with E-state index in [-0.39, 0.29) is 5.92 Å². The number of esters is 1. The molecule has 0 saturated carbocycles. The van der Waals surface area contributed by atoms with Crippen LogP contribution in [0.1, 0.15) is 13.8 Å². The number of aliphatic hydroxyl groups excluding tert-OH is 1. The zero-order valence-electron chi connectivity index (χ0n) is 10.6. The maximum Gasteiger partial charge on any atom is 0.407 e. The van der Waals surface area contributed by atoms with E-state index in [1.165, 1.54) is 7.11 Å². The molecule has 0 aliphatic carbocycles. The van der Waals surface area contributed by atoms with Gasteiger partial charge in [0, 0.05) is 0 Å². The topological polar surface area (TPSA) is 84.9 Å². The number of methoxy groups -OCH3 is 2. The van der Waals surface area contributed by atoms with E-state index in [0.29, 0.717) is 0 Å². The van der Waals surface area contributed by atoms with Crippen LogP contribution in [-0.4, -0.2) is 47.9 Å². The number of alkyl carbamates (subject to hydrolysis) is 1. The number of nitrogens with one attached hydrogen (secondary N) is 1. The summed E-state index contributed by atoms with van der Waals surface area (Å²) in [4.78, 5) is 22.5. The largest absolute Gasteiger partial charge is 0.467 e. The molecule has 2 N–H and O–H groups in total. The van der Waals surface area contributed by atoms with Crippen LogP contribution in [0.5, 0.6) is 0 Å². The highest BCUT2D eigenvalue weighted by molar-refractivity contribution is 6.58. The van der Waals surface area contributed by atoms with Gasteiger partial charge in [0.05, 0.1) is 20.3 Å². The van der Waals surface area contributed by atoms with Gasteiger partial charge in [-0.2, -0.15) is 0 Å². The van der Waals surface area contributed by atoms with Gasteiger partial charge in [-0.25, -0.2) is 9.59 Å². The van der Waals surface area contributed by atoms with Crippen LogP contribution in [-0.2, 0) is 14.3 Å². The third-order valence-corrected chi connectivity index (χ3v) is 3.11. The Morgan fingerprint density at radius 1 is 1.22 bits per heavy atom. The lowest BCUT2D eigenvalue weighted by molar-refractivity contribution is -0.144. The Labute approximate surface area is 116 Å². The summed E-state index contributed by atoms with van der Waals surface area (Å²) in [7, 11) is 2.26. The number of ether oxygens (including phenoxy) is 2. The molecule has 0 aliphatic heterocycles. The second-order valence-corrected chi connectivity index (χ2v) is 5.35. The Bertz CT molecular complexity index is 309. The van der Waals surface area contributed by atoms with Crippen LogP contribution >= 0.6 is 23.2 Å². The molecule has 0 radical (unpaired) electrons. The van der Waals surface area contributed by atoms with Crippen molar-refractivity contribution < 1.29 is 24.2 Å². The van der Waals surface area contributed by atoms with Crippen molar-refractivity contribution in [1.29, 1.82) is 0 Å². The first kappa shape index (κ1) is 17.3. The molecule has 0 bridgehead atoms. The molecular weight excluding hydrogens is 285 g/mol. The minimum Gasteiger partial charge on any atom is -0.467 e. The highest BCUT2D eigenvalue weighted by Gasteiger charge is 2.48. The summed E-state index contributed by atoms with van der Waals surface area (Å²) in [5.74, 6) is -1.24. The average molecular weight is 302 g/mol. The molecule has 0 aliphatic rings. The van der Waals surface area contributed by atoms with Crippen LogP contribution in [0.3, 0.4) is 0 Å². The number of hydrogen-bond donors (Lipinski definition) is 2. The van der Waals surface area contributed by atoms with Crippen molar-refractivity contribution in [3.8, 4) is 0 Å². The molecule has 0 aromatic heterocycles. The van der Waals surface area contributed by atoms with Crippen molar-refractivity contribution in [2.75, 3.05) is 14.2 Å². The predicted octanol–water partition coefficient (Wildman–Crippen LogP) is 1.07. The molecule has 106 valence electrons. The molecule has 8 heteroatoms. The van der Waals surface area contributed by atoms with Crippen molar-refractivity contribution in [3.05, 3.63) is 0 Å². The van der Waals surface area contributed by atoms with Gasteiger partial charge in [-0.3, -0.25) is 0 Å². The van der Waals surface area contributed by atoms with Crippen molar-refractivity contribution >= 4 is 35.3 Å². The molecule has 0 spiro atoms. The molecular formula is C10H17Cl2NO5. The Balaban J connectivity index is 5.02. The summed E-state index contributed by atoms with van der Waals surface area (Å²) in [6.07, 6.45) is -2.31. The van der Waals surface area contributed by atoms with Gasteiger partial charge >= 0.3 is 12.1 Å². The highest BCUT2D eigenvalue weighted by atomic mass is 35.5. The number of alkyl halides is 2. The van der Waals surface area contributed by atoms with Crippen LogP contribution in [0.15, 0.2) is 0 Å². The van der Waals surface area contributed by atoms with Gasteiger partial charge in [-0.15, -0.1) is 0 Å². The van der Waals surface area contributed by atoms with Crippen LogP contribution in [0.25, 0.3) is 0 Å². The summed E-state index contributed by atoms with van der Waals surface area (Å²) in [5.41, 5.74) is 0. The summed E-state index contributed by atoms with van der Waals surface area (Å²) in [6.45, 7) is 3.43. The maximum atomic E-state index is 11.4. The Morgan fingerprint density at radius 2 is 1.72 bits per heavy atom.